The van der Waals surface area contributed by atoms with Crippen molar-refractivity contribution in [2.45, 2.75) is 148 Å². The molecule has 7 heteroatoms. The minimum atomic E-state index is -1.80. The van der Waals surface area contributed by atoms with Crippen molar-refractivity contribution in [3.63, 3.8) is 0 Å². The highest BCUT2D eigenvalue weighted by Gasteiger charge is 2.44. The molecule has 0 atom stereocenters. The minimum Gasteiger partial charge on any atom is -0.371 e. The molecule has 0 unspecified atom stereocenters. The molecular formula is C23H53O3Si4. The van der Waals surface area contributed by atoms with E-state index in [0.29, 0.717) is 0 Å². The molecule has 0 fully saturated rings. The quantitative estimate of drug-likeness (QED) is 0.103. The number of rotatable bonds is 19. The van der Waals surface area contributed by atoms with E-state index in [1.807, 2.05) is 0 Å². The van der Waals surface area contributed by atoms with Gasteiger partial charge in [-0.05, 0) is 65.3 Å². The van der Waals surface area contributed by atoms with Gasteiger partial charge in [0.15, 0.2) is 25.0 Å². The van der Waals surface area contributed by atoms with E-state index in [4.69, 9.17) is 13.3 Å². The molecule has 30 heavy (non-hydrogen) atoms. The maximum atomic E-state index is 6.64. The summed E-state index contributed by atoms with van der Waals surface area (Å²) in [4.78, 5) is 0. The molecule has 0 saturated heterocycles. The van der Waals surface area contributed by atoms with Gasteiger partial charge in [0.2, 0.25) is 0 Å². The fourth-order valence-electron chi connectivity index (χ4n) is 3.67. The van der Waals surface area contributed by atoms with Gasteiger partial charge in [0.1, 0.15) is 0 Å². The summed E-state index contributed by atoms with van der Waals surface area (Å²) in [5, 5.41) is 0. The third-order valence-corrected chi connectivity index (χ3v) is 7.67. The second-order valence-electron chi connectivity index (χ2n) is 11.7. The molecule has 0 spiro atoms. The van der Waals surface area contributed by atoms with Gasteiger partial charge in [0.25, 0.3) is 5.97 Å². The van der Waals surface area contributed by atoms with Crippen molar-refractivity contribution in [1.29, 1.82) is 0 Å². The Kier molecular flexibility index (Phi) is 15.2. The third kappa shape index (κ3) is 19.4. The molecule has 0 amide bonds. The van der Waals surface area contributed by atoms with Crippen LogP contribution in [0.15, 0.2) is 0 Å². The fraction of sp³-hybridized carbons (Fsp3) is 1.00. The van der Waals surface area contributed by atoms with Crippen molar-refractivity contribution in [1.82, 2.24) is 0 Å². The lowest BCUT2D eigenvalue weighted by molar-refractivity contribution is -0.274. The third-order valence-electron chi connectivity index (χ3n) is 4.54. The van der Waals surface area contributed by atoms with Crippen molar-refractivity contribution >= 4 is 35.2 Å². The first-order valence-corrected chi connectivity index (χ1v) is 23.4. The van der Waals surface area contributed by atoms with Crippen LogP contribution in [0.4, 0.5) is 0 Å². The first-order chi connectivity index (χ1) is 13.7. The molecule has 3 radical (unpaired) electrons. The predicted octanol–water partition coefficient (Wildman–Crippen LogP) is 8.46. The molecule has 0 saturated carbocycles. The molecule has 0 bridgehead atoms. The summed E-state index contributed by atoms with van der Waals surface area (Å²) < 4.78 is 19.9. The van der Waals surface area contributed by atoms with E-state index < -0.39 is 30.9 Å². The summed E-state index contributed by atoms with van der Waals surface area (Å²) in [6, 6.07) is 1.15. The Morgan fingerprint density at radius 2 is 0.733 bits per heavy atom. The summed E-state index contributed by atoms with van der Waals surface area (Å²) in [6.45, 7) is 20.1. The molecule has 0 rings (SSSR count). The SMILES string of the molecule is C[Si](C)(C)OC(CCCCCCCCCCCCC[Si])(O[Si](C)(C)C)O[Si](C)(C)C. The average molecular weight is 490 g/mol. The van der Waals surface area contributed by atoms with Crippen molar-refractivity contribution < 1.29 is 13.3 Å². The zero-order chi connectivity index (χ0) is 23.3. The second-order valence-corrected chi connectivity index (χ2v) is 25.5. The molecule has 179 valence electrons. The Labute approximate surface area is 196 Å². The molecule has 0 N–H and O–H groups in total. The van der Waals surface area contributed by atoms with Crippen LogP contribution in [0.1, 0.15) is 77.0 Å². The van der Waals surface area contributed by atoms with E-state index in [1.54, 1.807) is 0 Å². The van der Waals surface area contributed by atoms with E-state index in [1.165, 1.54) is 64.2 Å². The van der Waals surface area contributed by atoms with E-state index in [9.17, 15) is 0 Å². The lowest BCUT2D eigenvalue weighted by Gasteiger charge is -2.45. The van der Waals surface area contributed by atoms with E-state index >= 15 is 0 Å². The Morgan fingerprint density at radius 1 is 0.467 bits per heavy atom. The molecule has 0 aromatic rings. The summed E-state index contributed by atoms with van der Waals surface area (Å²) in [5.41, 5.74) is 0. The molecule has 0 aromatic carbocycles. The standard InChI is InChI=1S/C23H53O3Si4/c1-28(2,3)24-23(25-29(4,5)6,26-30(7,8)9)21-19-17-15-13-11-10-12-14-16-18-20-22-27/h10-22H2,1-9H3. The lowest BCUT2D eigenvalue weighted by Crippen LogP contribution is -2.55. The zero-order valence-corrected chi connectivity index (χ0v) is 25.9. The summed E-state index contributed by atoms with van der Waals surface area (Å²) in [6.07, 6.45) is 15.6. The maximum absolute atomic E-state index is 6.64. The Hall–Kier alpha value is 0.748. The lowest BCUT2D eigenvalue weighted by atomic mass is 10.1. The highest BCUT2D eigenvalue weighted by atomic mass is 28.4. The largest absolute Gasteiger partial charge is 0.371 e. The smallest absolute Gasteiger partial charge is 0.254 e. The van der Waals surface area contributed by atoms with Crippen LogP contribution in [0.3, 0.4) is 0 Å². The van der Waals surface area contributed by atoms with Gasteiger partial charge in [0, 0.05) is 16.7 Å². The number of hydrogen-bond donors (Lipinski definition) is 0. The monoisotopic (exact) mass is 489 g/mol. The maximum Gasteiger partial charge on any atom is 0.254 e. The van der Waals surface area contributed by atoms with E-state index in [0.717, 1.165) is 18.9 Å². The van der Waals surface area contributed by atoms with Crippen LogP contribution in [0.5, 0.6) is 0 Å². The molecule has 0 aliphatic rings. The highest BCUT2D eigenvalue weighted by molar-refractivity contribution is 6.72. The van der Waals surface area contributed by atoms with Gasteiger partial charge in [-0.25, -0.2) is 0 Å². The summed E-state index contributed by atoms with van der Waals surface area (Å²) in [7, 11) is -1.85. The Balaban J connectivity index is 4.47. The molecule has 3 nitrogen and oxygen atoms in total. The van der Waals surface area contributed by atoms with Gasteiger partial charge in [-0.3, -0.25) is 0 Å². The molecular weight excluding hydrogens is 437 g/mol. The molecule has 0 heterocycles. The van der Waals surface area contributed by atoms with Crippen LogP contribution in [0.2, 0.25) is 65.0 Å². The van der Waals surface area contributed by atoms with Gasteiger partial charge in [-0.2, -0.15) is 0 Å². The molecule has 0 aliphatic carbocycles. The van der Waals surface area contributed by atoms with Crippen LogP contribution in [-0.2, 0) is 13.3 Å². The topological polar surface area (TPSA) is 27.7 Å². The molecule has 0 aromatic heterocycles. The van der Waals surface area contributed by atoms with Gasteiger partial charge in [-0.15, -0.1) is 0 Å². The van der Waals surface area contributed by atoms with Gasteiger partial charge >= 0.3 is 0 Å². The number of unbranched alkanes of at least 4 members (excludes halogenated alkanes) is 10. The normalized spacial score (nSPS) is 13.8. The van der Waals surface area contributed by atoms with Crippen molar-refractivity contribution in [3.05, 3.63) is 0 Å². The second kappa shape index (κ2) is 14.8. The van der Waals surface area contributed by atoms with E-state index in [2.05, 4.69) is 69.2 Å². The molecule has 0 aliphatic heterocycles. The zero-order valence-electron chi connectivity index (χ0n) is 21.9. The number of hydrogen-bond acceptors (Lipinski definition) is 3. The Morgan fingerprint density at radius 3 is 1.00 bits per heavy atom. The highest BCUT2D eigenvalue weighted by Crippen LogP contribution is 2.34. The van der Waals surface area contributed by atoms with Crippen LogP contribution < -0.4 is 0 Å². The van der Waals surface area contributed by atoms with Gasteiger partial charge in [0.05, 0.1) is 0 Å². The van der Waals surface area contributed by atoms with Crippen LogP contribution >= 0.6 is 0 Å². The summed E-state index contributed by atoms with van der Waals surface area (Å²) in [5.74, 6) is -0.825. The fourth-order valence-corrected chi connectivity index (χ4v) is 7.53. The van der Waals surface area contributed by atoms with Crippen molar-refractivity contribution in [3.8, 4) is 0 Å². The van der Waals surface area contributed by atoms with E-state index in [-0.39, 0.29) is 0 Å². The minimum absolute atomic E-state index is 0.825. The Bertz CT molecular complexity index is 385. The first kappa shape index (κ1) is 30.7. The van der Waals surface area contributed by atoms with Crippen LogP contribution in [0.25, 0.3) is 0 Å². The first-order valence-electron chi connectivity index (χ1n) is 12.4. The van der Waals surface area contributed by atoms with Crippen molar-refractivity contribution in [2.24, 2.45) is 0 Å². The summed E-state index contributed by atoms with van der Waals surface area (Å²) >= 11 is 0. The van der Waals surface area contributed by atoms with Crippen LogP contribution in [-0.4, -0.2) is 41.2 Å². The van der Waals surface area contributed by atoms with Crippen LogP contribution in [0, 0.1) is 0 Å². The van der Waals surface area contributed by atoms with Gasteiger partial charge < -0.3 is 13.3 Å². The van der Waals surface area contributed by atoms with Gasteiger partial charge in [-0.1, -0.05) is 70.3 Å². The van der Waals surface area contributed by atoms with Crippen molar-refractivity contribution in [2.75, 3.05) is 0 Å². The average Bonchev–Trinajstić information content (AvgIpc) is 2.50. The predicted molar refractivity (Wildman–Crippen MR) is 142 cm³/mol.